The molecule has 0 spiro atoms. The van der Waals surface area contributed by atoms with Crippen LogP contribution in [0.25, 0.3) is 23.3 Å². The first-order valence-electron chi connectivity index (χ1n) is 9.12. The number of rotatable bonds is 2. The topological polar surface area (TPSA) is 71.1 Å². The monoisotopic (exact) mass is 433 g/mol. The van der Waals surface area contributed by atoms with E-state index in [0.29, 0.717) is 55.1 Å². The smallest absolute Gasteiger partial charge is 0.256 e. The van der Waals surface area contributed by atoms with E-state index in [-0.39, 0.29) is 11.8 Å². The second-order valence-electron chi connectivity index (χ2n) is 6.84. The van der Waals surface area contributed by atoms with Crippen LogP contribution in [0.3, 0.4) is 0 Å². The van der Waals surface area contributed by atoms with E-state index in [9.17, 15) is 9.59 Å². The molecule has 7 heteroatoms. The minimum absolute atomic E-state index is 0.237. The number of nitrogens with one attached hydrogen (secondary N) is 2. The SMILES string of the molecule is O=C1Nc2cccc(Cl)c2/C1=C/c1cccc(/C=C2\C(=O)Nc3cccc(Cl)c32)n1. The molecule has 146 valence electrons. The molecule has 0 unspecified atom stereocenters. The number of aromatic nitrogens is 1. The summed E-state index contributed by atoms with van der Waals surface area (Å²) in [7, 11) is 0. The van der Waals surface area contributed by atoms with Crippen LogP contribution in [0.2, 0.25) is 10.0 Å². The Labute approximate surface area is 182 Å². The molecule has 2 amide bonds. The Bertz CT molecular complexity index is 1210. The average Bonchev–Trinajstić information content (AvgIpc) is 3.20. The van der Waals surface area contributed by atoms with E-state index in [4.69, 9.17) is 23.2 Å². The number of nitrogens with zero attached hydrogens (tertiary/aromatic N) is 1. The number of anilines is 2. The van der Waals surface area contributed by atoms with Crippen LogP contribution in [-0.4, -0.2) is 16.8 Å². The highest BCUT2D eigenvalue weighted by Gasteiger charge is 2.27. The van der Waals surface area contributed by atoms with Crippen molar-refractivity contribution in [3.05, 3.63) is 87.2 Å². The van der Waals surface area contributed by atoms with Crippen molar-refractivity contribution in [3.8, 4) is 0 Å². The van der Waals surface area contributed by atoms with Gasteiger partial charge in [0.15, 0.2) is 0 Å². The number of halogens is 2. The fraction of sp³-hybridized carbons (Fsp3) is 0. The van der Waals surface area contributed by atoms with Gasteiger partial charge >= 0.3 is 0 Å². The summed E-state index contributed by atoms with van der Waals surface area (Å²) in [6.07, 6.45) is 3.37. The van der Waals surface area contributed by atoms with Gasteiger partial charge in [0.2, 0.25) is 0 Å². The van der Waals surface area contributed by atoms with E-state index in [1.165, 1.54) is 0 Å². The first-order chi connectivity index (χ1) is 14.5. The Morgan fingerprint density at radius 1 is 0.667 bits per heavy atom. The van der Waals surface area contributed by atoms with Crippen LogP contribution in [0.4, 0.5) is 11.4 Å². The Kier molecular flexibility index (Phi) is 4.42. The van der Waals surface area contributed by atoms with Crippen molar-refractivity contribution in [2.24, 2.45) is 0 Å². The maximum atomic E-state index is 12.4. The van der Waals surface area contributed by atoms with E-state index in [1.54, 1.807) is 60.7 Å². The third-order valence-corrected chi connectivity index (χ3v) is 5.56. The zero-order valence-corrected chi connectivity index (χ0v) is 16.9. The quantitative estimate of drug-likeness (QED) is 0.533. The third kappa shape index (κ3) is 3.09. The molecule has 1 aromatic heterocycles. The zero-order valence-electron chi connectivity index (χ0n) is 15.4. The molecular formula is C23H13Cl2N3O2. The zero-order chi connectivity index (χ0) is 20.8. The lowest BCUT2D eigenvalue weighted by Crippen LogP contribution is -2.04. The van der Waals surface area contributed by atoms with Crippen LogP contribution >= 0.6 is 23.2 Å². The fourth-order valence-corrected chi connectivity index (χ4v) is 4.16. The lowest BCUT2D eigenvalue weighted by molar-refractivity contribution is -0.111. The summed E-state index contributed by atoms with van der Waals surface area (Å²) < 4.78 is 0. The molecule has 0 fully saturated rings. The summed E-state index contributed by atoms with van der Waals surface area (Å²) in [5, 5.41) is 6.59. The second kappa shape index (κ2) is 7.13. The number of carbonyl (C=O) groups is 2. The van der Waals surface area contributed by atoms with Crippen molar-refractivity contribution in [1.82, 2.24) is 4.98 Å². The first kappa shape index (κ1) is 18.6. The van der Waals surface area contributed by atoms with Gasteiger partial charge in [0.25, 0.3) is 11.8 Å². The Hall–Kier alpha value is -3.41. The standard InChI is InChI=1S/C23H13Cl2N3O2/c24-16-6-2-8-18-20(16)14(22(29)27-18)10-12-4-1-5-13(26-12)11-15-21-17(25)7-3-9-19(21)28-23(15)30/h1-11H,(H,27,29)(H,28,30)/b14-10-,15-11-. The van der Waals surface area contributed by atoms with Gasteiger partial charge < -0.3 is 10.6 Å². The molecule has 2 aliphatic rings. The molecule has 5 rings (SSSR count). The van der Waals surface area contributed by atoms with E-state index in [0.717, 1.165) is 0 Å². The third-order valence-electron chi connectivity index (χ3n) is 4.93. The average molecular weight is 434 g/mol. The van der Waals surface area contributed by atoms with Gasteiger partial charge in [-0.25, -0.2) is 4.98 Å². The van der Waals surface area contributed by atoms with Crippen molar-refractivity contribution in [2.75, 3.05) is 10.6 Å². The normalized spacial score (nSPS) is 17.1. The number of hydrogen-bond donors (Lipinski definition) is 2. The number of amides is 2. The lowest BCUT2D eigenvalue weighted by Gasteiger charge is -2.03. The van der Waals surface area contributed by atoms with E-state index in [2.05, 4.69) is 15.6 Å². The Morgan fingerprint density at radius 3 is 1.57 bits per heavy atom. The van der Waals surface area contributed by atoms with Gasteiger partial charge in [-0.3, -0.25) is 9.59 Å². The maximum Gasteiger partial charge on any atom is 0.256 e. The van der Waals surface area contributed by atoms with Crippen LogP contribution < -0.4 is 10.6 Å². The highest BCUT2D eigenvalue weighted by molar-refractivity contribution is 6.42. The molecule has 0 bridgehead atoms. The van der Waals surface area contributed by atoms with E-state index >= 15 is 0 Å². The van der Waals surface area contributed by atoms with Gasteiger partial charge in [-0.05, 0) is 48.6 Å². The van der Waals surface area contributed by atoms with Crippen LogP contribution in [0.1, 0.15) is 22.5 Å². The van der Waals surface area contributed by atoms with Crippen LogP contribution in [-0.2, 0) is 9.59 Å². The minimum Gasteiger partial charge on any atom is -0.321 e. The molecular weight excluding hydrogens is 421 g/mol. The number of hydrogen-bond acceptors (Lipinski definition) is 3. The minimum atomic E-state index is -0.237. The second-order valence-corrected chi connectivity index (χ2v) is 7.65. The molecule has 2 aliphatic heterocycles. The molecule has 0 saturated carbocycles. The Balaban J connectivity index is 1.56. The highest BCUT2D eigenvalue weighted by Crippen LogP contribution is 2.39. The molecule has 30 heavy (non-hydrogen) atoms. The molecule has 0 aliphatic carbocycles. The predicted octanol–water partition coefficient (Wildman–Crippen LogP) is 5.37. The van der Waals surface area contributed by atoms with Crippen LogP contribution in [0, 0.1) is 0 Å². The van der Waals surface area contributed by atoms with Gasteiger partial charge in [-0.1, -0.05) is 41.4 Å². The number of benzene rings is 2. The van der Waals surface area contributed by atoms with Crippen molar-refractivity contribution in [1.29, 1.82) is 0 Å². The first-order valence-corrected chi connectivity index (χ1v) is 9.88. The molecule has 3 aromatic rings. The van der Waals surface area contributed by atoms with Gasteiger partial charge in [0.05, 0.1) is 44.0 Å². The Morgan fingerprint density at radius 2 is 1.10 bits per heavy atom. The number of carbonyl (C=O) groups excluding carboxylic acids is 2. The number of fused-ring (bicyclic) bond motifs is 2. The maximum absolute atomic E-state index is 12.4. The molecule has 2 aromatic carbocycles. The summed E-state index contributed by atoms with van der Waals surface area (Å²) in [5.74, 6) is -0.473. The molecule has 2 N–H and O–H groups in total. The summed E-state index contributed by atoms with van der Waals surface area (Å²) in [4.78, 5) is 29.4. The fourth-order valence-electron chi connectivity index (χ4n) is 3.61. The van der Waals surface area contributed by atoms with Gasteiger partial charge in [0.1, 0.15) is 0 Å². The molecule has 0 atom stereocenters. The van der Waals surface area contributed by atoms with E-state index < -0.39 is 0 Å². The van der Waals surface area contributed by atoms with Gasteiger partial charge in [-0.2, -0.15) is 0 Å². The predicted molar refractivity (Wildman–Crippen MR) is 120 cm³/mol. The van der Waals surface area contributed by atoms with Crippen molar-refractivity contribution < 1.29 is 9.59 Å². The van der Waals surface area contributed by atoms with Crippen molar-refractivity contribution in [2.45, 2.75) is 0 Å². The molecule has 0 saturated heterocycles. The largest absolute Gasteiger partial charge is 0.321 e. The number of pyridine rings is 1. The van der Waals surface area contributed by atoms with Crippen LogP contribution in [0.15, 0.2) is 54.6 Å². The summed E-state index contributed by atoms with van der Waals surface area (Å²) in [6.45, 7) is 0. The van der Waals surface area contributed by atoms with Crippen molar-refractivity contribution >= 4 is 69.7 Å². The molecule has 0 radical (unpaired) electrons. The molecule has 5 nitrogen and oxygen atoms in total. The van der Waals surface area contributed by atoms with Gasteiger partial charge in [-0.15, -0.1) is 0 Å². The van der Waals surface area contributed by atoms with E-state index in [1.807, 2.05) is 6.07 Å². The van der Waals surface area contributed by atoms with Crippen LogP contribution in [0.5, 0.6) is 0 Å². The highest BCUT2D eigenvalue weighted by atomic mass is 35.5. The lowest BCUT2D eigenvalue weighted by atomic mass is 10.0. The van der Waals surface area contributed by atoms with Crippen molar-refractivity contribution in [3.63, 3.8) is 0 Å². The molecule has 3 heterocycles. The summed E-state index contributed by atoms with van der Waals surface area (Å²) >= 11 is 12.6. The van der Waals surface area contributed by atoms with Gasteiger partial charge in [0, 0.05) is 11.1 Å². The summed E-state index contributed by atoms with van der Waals surface area (Å²) in [5.41, 5.74) is 4.69. The summed E-state index contributed by atoms with van der Waals surface area (Å²) in [6, 6.07) is 16.0.